The normalized spacial score (nSPS) is 12.2. The molecule has 1 aromatic rings. The van der Waals surface area contributed by atoms with E-state index in [1.165, 1.54) is 13.2 Å². The number of benzene rings is 1. The topological polar surface area (TPSA) is 35.5 Å². The zero-order valence-corrected chi connectivity index (χ0v) is 14.3. The van der Waals surface area contributed by atoms with Gasteiger partial charge in [-0.3, -0.25) is 0 Å². The van der Waals surface area contributed by atoms with Gasteiger partial charge in [0.15, 0.2) is 5.82 Å². The van der Waals surface area contributed by atoms with E-state index in [2.05, 4.69) is 38.6 Å². The van der Waals surface area contributed by atoms with Gasteiger partial charge in [-0.15, -0.1) is 0 Å². The van der Waals surface area contributed by atoms with Gasteiger partial charge >= 0.3 is 5.97 Å². The average molecular weight is 298 g/mol. The Kier molecular flexibility index (Phi) is 4.64. The number of rotatable bonds is 3. The Morgan fingerprint density at radius 3 is 2.25 bits per heavy atom. The maximum absolute atomic E-state index is 14.1. The first-order chi connectivity index (χ1) is 8.99. The molecule has 0 bridgehead atoms. The molecule has 0 atom stereocenters. The van der Waals surface area contributed by atoms with Gasteiger partial charge < -0.3 is 9.16 Å². The minimum atomic E-state index is -2.11. The lowest BCUT2D eigenvalue weighted by atomic mass is 10.1. The summed E-state index contributed by atoms with van der Waals surface area (Å²) in [5.74, 6) is -0.858. The summed E-state index contributed by atoms with van der Waals surface area (Å²) in [6, 6.07) is 2.76. The van der Waals surface area contributed by atoms with E-state index in [0.717, 1.165) is 0 Å². The molecule has 3 nitrogen and oxygen atoms in total. The zero-order valence-electron chi connectivity index (χ0n) is 13.3. The van der Waals surface area contributed by atoms with Crippen LogP contribution in [0.1, 0.15) is 36.7 Å². The molecule has 0 saturated heterocycles. The molecule has 0 unspecified atom stereocenters. The van der Waals surface area contributed by atoms with Gasteiger partial charge in [-0.05, 0) is 42.8 Å². The Balaban J connectivity index is 3.17. The molecule has 0 N–H and O–H groups in total. The van der Waals surface area contributed by atoms with Gasteiger partial charge in [-0.25, -0.2) is 9.18 Å². The third-order valence-corrected chi connectivity index (χ3v) is 8.20. The highest BCUT2D eigenvalue weighted by molar-refractivity contribution is 6.74. The summed E-state index contributed by atoms with van der Waals surface area (Å²) in [5.41, 5.74) is 0.875. The molecule has 0 fully saturated rings. The Labute approximate surface area is 121 Å². The quantitative estimate of drug-likeness (QED) is 0.616. The summed E-state index contributed by atoms with van der Waals surface area (Å²) in [6.07, 6.45) is 0. The van der Waals surface area contributed by atoms with Crippen molar-refractivity contribution in [3.05, 3.63) is 29.1 Å². The number of carbonyl (C=O) groups is 1. The number of halogens is 1. The van der Waals surface area contributed by atoms with Gasteiger partial charge in [0.1, 0.15) is 5.75 Å². The molecule has 0 spiro atoms. The average Bonchev–Trinajstić information content (AvgIpc) is 2.30. The molecule has 0 aliphatic rings. The lowest BCUT2D eigenvalue weighted by Gasteiger charge is -2.36. The van der Waals surface area contributed by atoms with Crippen LogP contribution in [-0.4, -0.2) is 21.4 Å². The number of esters is 1. The second kappa shape index (κ2) is 5.56. The van der Waals surface area contributed by atoms with Crippen LogP contribution in [0.5, 0.6) is 5.75 Å². The van der Waals surface area contributed by atoms with Crippen LogP contribution >= 0.6 is 0 Å². The van der Waals surface area contributed by atoms with E-state index in [-0.39, 0.29) is 16.4 Å². The fourth-order valence-electron chi connectivity index (χ4n) is 1.49. The van der Waals surface area contributed by atoms with E-state index in [0.29, 0.717) is 5.56 Å². The Hall–Kier alpha value is -1.36. The second-order valence-corrected chi connectivity index (χ2v) is 11.2. The van der Waals surface area contributed by atoms with Gasteiger partial charge in [-0.2, -0.15) is 0 Å². The van der Waals surface area contributed by atoms with Gasteiger partial charge in [0.25, 0.3) is 8.32 Å². The monoisotopic (exact) mass is 298 g/mol. The highest BCUT2D eigenvalue weighted by Crippen LogP contribution is 2.38. The Morgan fingerprint density at radius 1 is 1.25 bits per heavy atom. The molecule has 1 rings (SSSR count). The molecule has 5 heteroatoms. The van der Waals surface area contributed by atoms with E-state index in [4.69, 9.17) is 4.43 Å². The molecular weight excluding hydrogens is 275 g/mol. The predicted molar refractivity (Wildman–Crippen MR) is 80.3 cm³/mol. The maximum atomic E-state index is 14.1. The zero-order chi connectivity index (χ0) is 15.7. The first-order valence-electron chi connectivity index (χ1n) is 6.57. The minimum Gasteiger partial charge on any atom is -0.542 e. The molecule has 1 aromatic carbocycles. The van der Waals surface area contributed by atoms with Crippen LogP contribution < -0.4 is 4.43 Å². The smallest absolute Gasteiger partial charge is 0.338 e. The van der Waals surface area contributed by atoms with Crippen LogP contribution in [0, 0.1) is 12.7 Å². The van der Waals surface area contributed by atoms with Crippen LogP contribution in [-0.2, 0) is 4.74 Å². The standard InChI is InChI=1S/C15H23FO3Si/c1-10-8-13(19-20(6,7)15(2,3)4)12(16)9-11(10)14(17)18-5/h8-9H,1-7H3. The number of carbonyl (C=O) groups excluding carboxylic acids is 1. The third kappa shape index (κ3) is 3.39. The molecule has 0 saturated carbocycles. The van der Waals surface area contributed by atoms with Crippen LogP contribution in [0.15, 0.2) is 12.1 Å². The van der Waals surface area contributed by atoms with Crippen molar-refractivity contribution in [3.8, 4) is 5.75 Å². The molecular formula is C15H23FO3Si. The summed E-state index contributed by atoms with van der Waals surface area (Å²) in [7, 11) is -0.832. The molecule has 0 radical (unpaired) electrons. The number of hydrogen-bond acceptors (Lipinski definition) is 3. The van der Waals surface area contributed by atoms with Gasteiger partial charge in [-0.1, -0.05) is 20.8 Å². The lowest BCUT2D eigenvalue weighted by Crippen LogP contribution is -2.44. The van der Waals surface area contributed by atoms with Gasteiger partial charge in [0, 0.05) is 0 Å². The molecule has 112 valence electrons. The van der Waals surface area contributed by atoms with E-state index in [1.54, 1.807) is 13.0 Å². The summed E-state index contributed by atoms with van der Waals surface area (Å²) >= 11 is 0. The second-order valence-electron chi connectivity index (χ2n) is 6.45. The number of ether oxygens (including phenoxy) is 1. The minimum absolute atomic E-state index is 0.0195. The van der Waals surface area contributed by atoms with Crippen LogP contribution in [0.2, 0.25) is 18.1 Å². The van der Waals surface area contributed by atoms with E-state index in [9.17, 15) is 9.18 Å². The largest absolute Gasteiger partial charge is 0.542 e. The Morgan fingerprint density at radius 2 is 1.80 bits per heavy atom. The van der Waals surface area contributed by atoms with E-state index in [1.807, 2.05) is 0 Å². The summed E-state index contributed by atoms with van der Waals surface area (Å²) < 4.78 is 24.7. The van der Waals surface area contributed by atoms with E-state index >= 15 is 0 Å². The molecule has 0 amide bonds. The summed E-state index contributed by atoms with van der Waals surface area (Å²) in [5, 5.41) is -0.0195. The fourth-order valence-corrected chi connectivity index (χ4v) is 2.50. The first kappa shape index (κ1) is 16.7. The third-order valence-electron chi connectivity index (χ3n) is 3.86. The maximum Gasteiger partial charge on any atom is 0.338 e. The molecule has 0 heterocycles. The van der Waals surface area contributed by atoms with Gasteiger partial charge in [0.05, 0.1) is 12.7 Å². The fraction of sp³-hybridized carbons (Fsp3) is 0.533. The summed E-state index contributed by atoms with van der Waals surface area (Å²) in [4.78, 5) is 11.5. The van der Waals surface area contributed by atoms with Crippen molar-refractivity contribution < 1.29 is 18.3 Å². The SMILES string of the molecule is COC(=O)c1cc(F)c(O[Si](C)(C)C(C)(C)C)cc1C. The van der Waals surface area contributed by atoms with Crippen molar-refractivity contribution in [1.82, 2.24) is 0 Å². The van der Waals surface area contributed by atoms with E-state index < -0.39 is 20.1 Å². The highest BCUT2D eigenvalue weighted by atomic mass is 28.4. The molecule has 0 aromatic heterocycles. The van der Waals surface area contributed by atoms with Gasteiger partial charge in [0.2, 0.25) is 0 Å². The number of aryl methyl sites for hydroxylation is 1. The van der Waals surface area contributed by atoms with Crippen LogP contribution in [0.25, 0.3) is 0 Å². The van der Waals surface area contributed by atoms with Crippen molar-refractivity contribution in [3.63, 3.8) is 0 Å². The van der Waals surface area contributed by atoms with Crippen molar-refractivity contribution in [2.75, 3.05) is 7.11 Å². The molecule has 20 heavy (non-hydrogen) atoms. The van der Waals surface area contributed by atoms with Crippen molar-refractivity contribution in [2.45, 2.75) is 45.8 Å². The first-order valence-corrected chi connectivity index (χ1v) is 9.48. The number of hydrogen-bond donors (Lipinski definition) is 0. The predicted octanol–water partition coefficient (Wildman–Crippen LogP) is 4.30. The number of methoxy groups -OCH3 is 1. The molecule has 0 aliphatic carbocycles. The highest BCUT2D eigenvalue weighted by Gasteiger charge is 2.39. The van der Waals surface area contributed by atoms with Crippen molar-refractivity contribution in [1.29, 1.82) is 0 Å². The van der Waals surface area contributed by atoms with Crippen molar-refractivity contribution in [2.24, 2.45) is 0 Å². The van der Waals surface area contributed by atoms with Crippen LogP contribution in [0.4, 0.5) is 4.39 Å². The summed E-state index contributed by atoms with van der Waals surface area (Å²) in [6.45, 7) is 12.1. The Bertz CT molecular complexity index is 519. The van der Waals surface area contributed by atoms with Crippen LogP contribution in [0.3, 0.4) is 0 Å². The molecule has 0 aliphatic heterocycles. The lowest BCUT2D eigenvalue weighted by molar-refractivity contribution is 0.0599. The van der Waals surface area contributed by atoms with Crippen molar-refractivity contribution >= 4 is 14.3 Å².